The van der Waals surface area contributed by atoms with E-state index in [1.807, 2.05) is 26.0 Å². The number of hydrogen-bond acceptors (Lipinski definition) is 6. The van der Waals surface area contributed by atoms with Crippen LogP contribution in [0.25, 0.3) is 0 Å². The van der Waals surface area contributed by atoms with Crippen LogP contribution in [-0.4, -0.2) is 35.8 Å². The summed E-state index contributed by atoms with van der Waals surface area (Å²) in [6, 6.07) is 3.70. The van der Waals surface area contributed by atoms with Crippen LogP contribution in [0.5, 0.6) is 11.5 Å². The first-order valence-electron chi connectivity index (χ1n) is 7.60. The van der Waals surface area contributed by atoms with Gasteiger partial charge in [-0.2, -0.15) is 0 Å². The first kappa shape index (κ1) is 15.8. The molecule has 1 aromatic heterocycles. The number of aryl methyl sites for hydroxylation is 2. The summed E-state index contributed by atoms with van der Waals surface area (Å²) in [5.74, 6) is 2.94. The second-order valence-corrected chi connectivity index (χ2v) is 5.80. The van der Waals surface area contributed by atoms with Gasteiger partial charge in [0.2, 0.25) is 5.89 Å². The molecule has 2 aromatic rings. The predicted molar refractivity (Wildman–Crippen MR) is 84.6 cm³/mol. The minimum atomic E-state index is -0.638. The van der Waals surface area contributed by atoms with E-state index in [9.17, 15) is 5.11 Å². The van der Waals surface area contributed by atoms with Crippen molar-refractivity contribution in [3.05, 3.63) is 40.6 Å². The third-order valence-electron chi connectivity index (χ3n) is 4.29. The molecule has 2 heterocycles. The highest BCUT2D eigenvalue weighted by Gasteiger charge is 2.30. The Hall–Kier alpha value is -2.05. The third-order valence-corrected chi connectivity index (χ3v) is 4.29. The molecule has 0 radical (unpaired) electrons. The maximum Gasteiger partial charge on any atom is 0.208 e. The molecule has 6 nitrogen and oxygen atoms in total. The zero-order valence-corrected chi connectivity index (χ0v) is 13.9. The maximum atomic E-state index is 10.6. The highest BCUT2D eigenvalue weighted by atomic mass is 16.5. The quantitative estimate of drug-likeness (QED) is 0.933. The summed E-state index contributed by atoms with van der Waals surface area (Å²) in [6.45, 7) is 5.52. The van der Waals surface area contributed by atoms with E-state index in [2.05, 4.69) is 9.88 Å². The summed E-state index contributed by atoms with van der Waals surface area (Å²) >= 11 is 0. The van der Waals surface area contributed by atoms with Gasteiger partial charge in [0.25, 0.3) is 0 Å². The monoisotopic (exact) mass is 318 g/mol. The Morgan fingerprint density at radius 2 is 1.96 bits per heavy atom. The fraction of sp³-hybridized carbons (Fsp3) is 0.471. The molecule has 23 heavy (non-hydrogen) atoms. The Bertz CT molecular complexity index is 691. The summed E-state index contributed by atoms with van der Waals surface area (Å²) in [5, 5.41) is 10.6. The number of fused-ring (bicyclic) bond motifs is 1. The number of β-amino-alcohol motifs (C(OH)–C–C–N with tert-alkyl or cyclic N) is 1. The molecule has 6 heteroatoms. The van der Waals surface area contributed by atoms with E-state index in [1.54, 1.807) is 14.2 Å². The van der Waals surface area contributed by atoms with Gasteiger partial charge in [-0.1, -0.05) is 0 Å². The lowest BCUT2D eigenvalue weighted by Crippen LogP contribution is -2.33. The molecule has 1 N–H and O–H groups in total. The van der Waals surface area contributed by atoms with Crippen molar-refractivity contribution in [1.29, 1.82) is 0 Å². The Morgan fingerprint density at radius 1 is 1.26 bits per heavy atom. The summed E-state index contributed by atoms with van der Waals surface area (Å²) in [4.78, 5) is 6.51. The molecular weight excluding hydrogens is 296 g/mol. The van der Waals surface area contributed by atoms with Crippen LogP contribution in [0.2, 0.25) is 0 Å². The number of nitrogens with zero attached hydrogens (tertiary/aromatic N) is 2. The van der Waals surface area contributed by atoms with E-state index < -0.39 is 6.10 Å². The van der Waals surface area contributed by atoms with Crippen LogP contribution in [0.3, 0.4) is 0 Å². The molecule has 1 aliphatic heterocycles. The molecule has 0 spiro atoms. The van der Waals surface area contributed by atoms with E-state index in [0.717, 1.165) is 28.3 Å². The van der Waals surface area contributed by atoms with Crippen LogP contribution in [-0.2, 0) is 13.1 Å². The van der Waals surface area contributed by atoms with E-state index in [-0.39, 0.29) is 0 Å². The molecule has 0 saturated heterocycles. The number of oxazole rings is 1. The Morgan fingerprint density at radius 3 is 2.57 bits per heavy atom. The van der Waals surface area contributed by atoms with Gasteiger partial charge in [0.1, 0.15) is 17.3 Å². The lowest BCUT2D eigenvalue weighted by Gasteiger charge is -2.33. The molecular formula is C17H22N2O4. The van der Waals surface area contributed by atoms with Crippen LogP contribution >= 0.6 is 0 Å². The van der Waals surface area contributed by atoms with Crippen LogP contribution < -0.4 is 9.47 Å². The van der Waals surface area contributed by atoms with Crippen molar-refractivity contribution >= 4 is 0 Å². The average molecular weight is 318 g/mol. The van der Waals surface area contributed by atoms with Crippen LogP contribution in [0.4, 0.5) is 0 Å². The second-order valence-electron chi connectivity index (χ2n) is 5.80. The standard InChI is InChI=1S/C17H22N2O4/c1-10-11(2)23-16(18-10)9-19-7-12-14(21-3)5-6-15(22-4)17(12)13(20)8-19/h5-6,13,20H,7-9H2,1-4H3/t13-/m0/s1. The smallest absolute Gasteiger partial charge is 0.208 e. The fourth-order valence-electron chi connectivity index (χ4n) is 3.06. The number of aromatic nitrogens is 1. The highest BCUT2D eigenvalue weighted by Crippen LogP contribution is 2.39. The zero-order chi connectivity index (χ0) is 16.6. The van der Waals surface area contributed by atoms with E-state index in [4.69, 9.17) is 13.9 Å². The number of aliphatic hydroxyl groups excluding tert-OH is 1. The Balaban J connectivity index is 1.90. The molecule has 0 amide bonds. The van der Waals surface area contributed by atoms with Crippen molar-refractivity contribution in [2.75, 3.05) is 20.8 Å². The topological polar surface area (TPSA) is 68.0 Å². The molecule has 124 valence electrons. The van der Waals surface area contributed by atoms with Crippen LogP contribution in [0.15, 0.2) is 16.5 Å². The molecule has 0 saturated carbocycles. The minimum Gasteiger partial charge on any atom is -0.496 e. The van der Waals surface area contributed by atoms with Gasteiger partial charge in [-0.25, -0.2) is 4.98 Å². The zero-order valence-electron chi connectivity index (χ0n) is 13.9. The summed E-state index contributed by atoms with van der Waals surface area (Å²) in [6.07, 6.45) is -0.638. The Kier molecular flexibility index (Phi) is 4.28. The van der Waals surface area contributed by atoms with E-state index in [0.29, 0.717) is 31.3 Å². The van der Waals surface area contributed by atoms with Crippen molar-refractivity contribution in [1.82, 2.24) is 9.88 Å². The third kappa shape index (κ3) is 2.92. The number of hydrogen-bond donors (Lipinski definition) is 1. The van der Waals surface area contributed by atoms with Crippen molar-refractivity contribution in [3.8, 4) is 11.5 Å². The van der Waals surface area contributed by atoms with Crippen molar-refractivity contribution < 1.29 is 19.0 Å². The summed E-state index contributed by atoms with van der Waals surface area (Å²) < 4.78 is 16.5. The van der Waals surface area contributed by atoms with Gasteiger partial charge >= 0.3 is 0 Å². The van der Waals surface area contributed by atoms with Gasteiger partial charge in [0.05, 0.1) is 32.6 Å². The average Bonchev–Trinajstić information content (AvgIpc) is 2.84. The lowest BCUT2D eigenvalue weighted by atomic mass is 9.95. The molecule has 0 fully saturated rings. The first-order valence-corrected chi connectivity index (χ1v) is 7.60. The fourth-order valence-corrected chi connectivity index (χ4v) is 3.06. The molecule has 1 aliphatic rings. The van der Waals surface area contributed by atoms with Crippen molar-refractivity contribution in [2.45, 2.75) is 33.0 Å². The van der Waals surface area contributed by atoms with Gasteiger partial charge in [0, 0.05) is 24.2 Å². The van der Waals surface area contributed by atoms with Crippen LogP contribution in [0.1, 0.15) is 34.6 Å². The lowest BCUT2D eigenvalue weighted by molar-refractivity contribution is 0.0791. The second kappa shape index (κ2) is 6.22. The molecule has 1 aromatic carbocycles. The van der Waals surface area contributed by atoms with Gasteiger partial charge in [-0.05, 0) is 26.0 Å². The number of rotatable bonds is 4. The summed E-state index contributed by atoms with van der Waals surface area (Å²) in [7, 11) is 3.24. The maximum absolute atomic E-state index is 10.6. The summed E-state index contributed by atoms with van der Waals surface area (Å²) in [5.41, 5.74) is 2.66. The Labute approximate surface area is 135 Å². The van der Waals surface area contributed by atoms with Crippen molar-refractivity contribution in [2.24, 2.45) is 0 Å². The normalized spacial score (nSPS) is 17.9. The van der Waals surface area contributed by atoms with Gasteiger partial charge in [0.15, 0.2) is 0 Å². The largest absolute Gasteiger partial charge is 0.496 e. The van der Waals surface area contributed by atoms with E-state index >= 15 is 0 Å². The number of aliphatic hydroxyl groups is 1. The molecule has 3 rings (SSSR count). The van der Waals surface area contributed by atoms with Crippen LogP contribution in [0, 0.1) is 13.8 Å². The molecule has 0 unspecified atom stereocenters. The van der Waals surface area contributed by atoms with Gasteiger partial charge in [-0.3, -0.25) is 4.90 Å². The molecule has 1 atom stereocenters. The highest BCUT2D eigenvalue weighted by molar-refractivity contribution is 5.51. The molecule has 0 bridgehead atoms. The predicted octanol–water partition coefficient (Wildman–Crippen LogP) is 2.36. The van der Waals surface area contributed by atoms with Gasteiger partial charge < -0.3 is 19.0 Å². The van der Waals surface area contributed by atoms with E-state index in [1.165, 1.54) is 0 Å². The SMILES string of the molecule is COc1ccc(OC)c2c1CN(Cc1nc(C)c(C)o1)C[C@@H]2O. The minimum absolute atomic E-state index is 0.497. The van der Waals surface area contributed by atoms with Gasteiger partial charge in [-0.15, -0.1) is 0 Å². The number of ether oxygens (including phenoxy) is 2. The first-order chi connectivity index (χ1) is 11.0. The molecule has 0 aliphatic carbocycles. The van der Waals surface area contributed by atoms with Crippen molar-refractivity contribution in [3.63, 3.8) is 0 Å². The number of benzene rings is 1. The number of methoxy groups -OCH3 is 2.